The van der Waals surface area contributed by atoms with Crippen molar-refractivity contribution >= 4 is 18.2 Å². The molecule has 0 spiro atoms. The molecule has 0 bridgehead atoms. The van der Waals surface area contributed by atoms with Crippen LogP contribution in [0.5, 0.6) is 0 Å². The fourth-order valence-electron chi connectivity index (χ4n) is 3.34. The summed E-state index contributed by atoms with van der Waals surface area (Å²) in [5.74, 6) is 0.937. The lowest BCUT2D eigenvalue weighted by atomic mass is 10.0. The first-order valence-electron chi connectivity index (χ1n) is 8.50. The smallest absolute Gasteiger partial charge is 0.407 e. The Morgan fingerprint density at radius 1 is 1.38 bits per heavy atom. The molecule has 132 valence electrons. The van der Waals surface area contributed by atoms with Crippen LogP contribution in [-0.2, 0) is 4.74 Å². The number of carbonyl (C=O) groups excluding carboxylic acids is 1. The summed E-state index contributed by atoms with van der Waals surface area (Å²) < 4.78 is 5.34. The molecule has 7 heteroatoms. The van der Waals surface area contributed by atoms with Crippen molar-refractivity contribution in [3.63, 3.8) is 0 Å². The van der Waals surface area contributed by atoms with Crippen LogP contribution in [0.3, 0.4) is 0 Å². The van der Waals surface area contributed by atoms with Gasteiger partial charge in [0.25, 0.3) is 0 Å². The molecule has 0 saturated carbocycles. The van der Waals surface area contributed by atoms with Gasteiger partial charge in [0.1, 0.15) is 17.6 Å². The molecule has 2 N–H and O–H groups in total. The summed E-state index contributed by atoms with van der Waals surface area (Å²) in [6.45, 7) is 7.49. The van der Waals surface area contributed by atoms with Crippen molar-refractivity contribution in [3.05, 3.63) is 17.8 Å². The van der Waals surface area contributed by atoms with Gasteiger partial charge in [0, 0.05) is 37.9 Å². The average Bonchev–Trinajstić information content (AvgIpc) is 2.94. The molecule has 24 heavy (non-hydrogen) atoms. The van der Waals surface area contributed by atoms with Crippen LogP contribution in [0.25, 0.3) is 0 Å². The molecule has 3 rings (SSSR count). The van der Waals surface area contributed by atoms with Crippen LogP contribution in [0.15, 0.2) is 17.3 Å². The summed E-state index contributed by atoms with van der Waals surface area (Å²) in [5.41, 5.74) is 0.748. The Balaban J connectivity index is 1.56. The Labute approximate surface area is 143 Å². The van der Waals surface area contributed by atoms with Crippen LogP contribution in [0, 0.1) is 0 Å². The van der Waals surface area contributed by atoms with E-state index in [1.807, 2.05) is 33.3 Å². The summed E-state index contributed by atoms with van der Waals surface area (Å²) in [6.07, 6.45) is 5.52. The van der Waals surface area contributed by atoms with Crippen molar-refractivity contribution in [3.8, 4) is 0 Å². The zero-order valence-corrected chi connectivity index (χ0v) is 14.9. The number of hydrogen-bond acceptors (Lipinski definition) is 5. The van der Waals surface area contributed by atoms with E-state index in [1.165, 1.54) is 5.56 Å². The number of fused-ring (bicyclic) bond motifs is 1. The lowest BCUT2D eigenvalue weighted by molar-refractivity contribution is 0.0423. The van der Waals surface area contributed by atoms with Crippen LogP contribution in [-0.4, -0.2) is 59.0 Å². The second-order valence-corrected chi connectivity index (χ2v) is 7.52. The number of alkyl carbamates (subject to hydrolysis) is 1. The molecule has 2 aliphatic rings. The molecule has 0 aliphatic carbocycles. The predicted octanol–water partition coefficient (Wildman–Crippen LogP) is 2.61. The molecule has 1 aromatic rings. The molecule has 7 nitrogen and oxygen atoms in total. The molecular weight excluding hydrogens is 306 g/mol. The van der Waals surface area contributed by atoms with Gasteiger partial charge in [-0.1, -0.05) is 0 Å². The number of aromatic amines is 1. The van der Waals surface area contributed by atoms with Gasteiger partial charge in [-0.15, -0.1) is 0 Å². The number of hydrogen-bond donors (Lipinski definition) is 2. The maximum atomic E-state index is 11.9. The highest BCUT2D eigenvalue weighted by Crippen LogP contribution is 2.34. The number of ether oxygens (including phenoxy) is 1. The van der Waals surface area contributed by atoms with Gasteiger partial charge < -0.3 is 19.9 Å². The second kappa shape index (κ2) is 6.47. The lowest BCUT2D eigenvalue weighted by Crippen LogP contribution is -2.49. The summed E-state index contributed by atoms with van der Waals surface area (Å²) in [7, 11) is 2.05. The molecular formula is C17H27N5O2. The number of carbonyl (C=O) groups is 1. The number of likely N-dealkylation sites (tertiary alicyclic amines) is 1. The van der Waals surface area contributed by atoms with Crippen LogP contribution < -0.4 is 5.32 Å². The van der Waals surface area contributed by atoms with E-state index in [2.05, 4.69) is 38.2 Å². The van der Waals surface area contributed by atoms with Crippen molar-refractivity contribution in [2.45, 2.75) is 51.4 Å². The van der Waals surface area contributed by atoms with Gasteiger partial charge in [-0.2, -0.15) is 0 Å². The minimum Gasteiger partial charge on any atom is -0.444 e. The molecule has 1 fully saturated rings. The molecule has 3 heterocycles. The molecule has 1 aromatic heterocycles. The highest BCUT2D eigenvalue weighted by atomic mass is 16.6. The van der Waals surface area contributed by atoms with Gasteiger partial charge in [0.05, 0.1) is 6.34 Å². The molecule has 1 atom stereocenters. The molecule has 0 aromatic carbocycles. The number of H-pyrrole nitrogens is 1. The molecule has 1 amide bonds. The number of rotatable bonds is 2. The third-order valence-corrected chi connectivity index (χ3v) is 4.39. The minimum atomic E-state index is -0.459. The van der Waals surface area contributed by atoms with Gasteiger partial charge in [0.2, 0.25) is 0 Å². The quantitative estimate of drug-likeness (QED) is 0.872. The number of aromatic nitrogens is 1. The fraction of sp³-hybridized carbons (Fsp3) is 0.647. The Morgan fingerprint density at radius 3 is 2.75 bits per heavy atom. The van der Waals surface area contributed by atoms with Crippen LogP contribution in [0.2, 0.25) is 0 Å². The van der Waals surface area contributed by atoms with Gasteiger partial charge in [-0.25, -0.2) is 9.79 Å². The normalized spacial score (nSPS) is 22.3. The van der Waals surface area contributed by atoms with E-state index in [1.54, 1.807) is 0 Å². The van der Waals surface area contributed by atoms with Crippen molar-refractivity contribution in [1.29, 1.82) is 0 Å². The highest BCUT2D eigenvalue weighted by Gasteiger charge is 2.32. The number of nitrogens with one attached hydrogen (secondary N) is 2. The monoisotopic (exact) mass is 333 g/mol. The van der Waals surface area contributed by atoms with Crippen LogP contribution >= 0.6 is 0 Å². The zero-order chi connectivity index (χ0) is 17.3. The number of amides is 1. The highest BCUT2D eigenvalue weighted by molar-refractivity contribution is 5.68. The lowest BCUT2D eigenvalue weighted by Gasteiger charge is -2.42. The van der Waals surface area contributed by atoms with E-state index < -0.39 is 5.60 Å². The van der Waals surface area contributed by atoms with Crippen molar-refractivity contribution < 1.29 is 9.53 Å². The summed E-state index contributed by atoms with van der Waals surface area (Å²) in [5, 5.41) is 2.99. The minimum absolute atomic E-state index is 0.171. The topological polar surface area (TPSA) is 73.0 Å². The van der Waals surface area contributed by atoms with Crippen LogP contribution in [0.4, 0.5) is 10.6 Å². The second-order valence-electron chi connectivity index (χ2n) is 7.52. The largest absolute Gasteiger partial charge is 0.444 e. The van der Waals surface area contributed by atoms with Gasteiger partial charge >= 0.3 is 6.09 Å². The van der Waals surface area contributed by atoms with Gasteiger partial charge in [0.15, 0.2) is 0 Å². The Hall–Kier alpha value is -2.02. The molecule has 2 aliphatic heterocycles. The molecule has 1 saturated heterocycles. The van der Waals surface area contributed by atoms with Gasteiger partial charge in [-0.05, 0) is 39.7 Å². The number of piperidine rings is 1. The molecule has 1 unspecified atom stereocenters. The van der Waals surface area contributed by atoms with E-state index in [9.17, 15) is 4.79 Å². The standard InChI is InChI=1S/C17H27N5O2/c1-17(2,3)24-16(23)20-12-6-9-22(10-7-12)15-13-5-8-18-14(13)19-11-21(15)4/h5,8,11-12,15,18H,6-7,9-10H2,1-4H3,(H,20,23). The van der Waals surface area contributed by atoms with E-state index >= 15 is 0 Å². The average molecular weight is 333 g/mol. The van der Waals surface area contributed by atoms with Crippen LogP contribution in [0.1, 0.15) is 45.3 Å². The number of aliphatic imine (C=N–C) groups is 1. The first-order valence-corrected chi connectivity index (χ1v) is 8.50. The third kappa shape index (κ3) is 3.72. The Kier molecular flexibility index (Phi) is 4.54. The predicted molar refractivity (Wildman–Crippen MR) is 93.4 cm³/mol. The Morgan fingerprint density at radius 2 is 2.08 bits per heavy atom. The SMILES string of the molecule is CN1C=Nc2[nH]ccc2C1N1CCC(NC(=O)OC(C)(C)C)CC1. The number of nitrogens with zero attached hydrogens (tertiary/aromatic N) is 3. The maximum Gasteiger partial charge on any atom is 0.407 e. The first-order chi connectivity index (χ1) is 11.3. The van der Waals surface area contributed by atoms with Gasteiger partial charge in [-0.3, -0.25) is 4.90 Å². The van der Waals surface area contributed by atoms with E-state index in [0.717, 1.165) is 31.7 Å². The van der Waals surface area contributed by atoms with E-state index in [-0.39, 0.29) is 18.3 Å². The maximum absolute atomic E-state index is 11.9. The summed E-state index contributed by atoms with van der Waals surface area (Å²) in [6, 6.07) is 2.27. The summed E-state index contributed by atoms with van der Waals surface area (Å²) in [4.78, 5) is 24.1. The zero-order valence-electron chi connectivity index (χ0n) is 14.9. The Bertz CT molecular complexity index is 611. The van der Waals surface area contributed by atoms with Crippen molar-refractivity contribution in [2.75, 3.05) is 20.1 Å². The third-order valence-electron chi connectivity index (χ3n) is 4.39. The molecule has 0 radical (unpaired) electrons. The fourth-order valence-corrected chi connectivity index (χ4v) is 3.34. The first kappa shape index (κ1) is 16.8. The van der Waals surface area contributed by atoms with Crippen molar-refractivity contribution in [2.24, 2.45) is 4.99 Å². The van der Waals surface area contributed by atoms with Crippen molar-refractivity contribution in [1.82, 2.24) is 20.1 Å². The van der Waals surface area contributed by atoms with E-state index in [0.29, 0.717) is 0 Å². The summed E-state index contributed by atoms with van der Waals surface area (Å²) >= 11 is 0. The van der Waals surface area contributed by atoms with E-state index in [4.69, 9.17) is 4.74 Å².